The Bertz CT molecular complexity index is 497. The van der Waals surface area contributed by atoms with Crippen molar-refractivity contribution in [3.05, 3.63) is 58.9 Å². The van der Waals surface area contributed by atoms with Crippen LogP contribution in [0.15, 0.2) is 36.7 Å². The second-order valence-electron chi connectivity index (χ2n) is 4.12. The van der Waals surface area contributed by atoms with Crippen LogP contribution in [0.3, 0.4) is 0 Å². The molecule has 0 saturated carbocycles. The van der Waals surface area contributed by atoms with Crippen molar-refractivity contribution in [3.8, 4) is 5.75 Å². The second kappa shape index (κ2) is 5.69. The van der Waals surface area contributed by atoms with Gasteiger partial charge in [-0.1, -0.05) is 17.7 Å². The molecule has 0 aliphatic carbocycles. The van der Waals surface area contributed by atoms with E-state index in [1.807, 2.05) is 38.1 Å². The third kappa shape index (κ3) is 3.21. The highest BCUT2D eigenvalue weighted by Gasteiger charge is 2.06. The molecule has 1 heterocycles. The zero-order valence-electron chi connectivity index (χ0n) is 9.97. The summed E-state index contributed by atoms with van der Waals surface area (Å²) >= 11 is 0. The number of aromatic nitrogens is 1. The van der Waals surface area contributed by atoms with Gasteiger partial charge in [-0.05, 0) is 42.7 Å². The first kappa shape index (κ1) is 13.5. The first-order chi connectivity index (χ1) is 7.66. The maximum atomic E-state index is 9.97. The third-order valence-corrected chi connectivity index (χ3v) is 2.67. The highest BCUT2D eigenvalue weighted by molar-refractivity contribution is 5.85. The van der Waals surface area contributed by atoms with E-state index in [0.717, 1.165) is 23.1 Å². The number of phenols is 1. The highest BCUT2D eigenvalue weighted by atomic mass is 35.5. The van der Waals surface area contributed by atoms with E-state index in [4.69, 9.17) is 0 Å². The zero-order valence-corrected chi connectivity index (χ0v) is 10.8. The van der Waals surface area contributed by atoms with E-state index >= 15 is 0 Å². The van der Waals surface area contributed by atoms with Crippen molar-refractivity contribution in [2.45, 2.75) is 20.3 Å². The fourth-order valence-electron chi connectivity index (χ4n) is 1.90. The molecule has 2 aromatic rings. The molecule has 90 valence electrons. The Morgan fingerprint density at radius 3 is 2.41 bits per heavy atom. The predicted molar refractivity (Wildman–Crippen MR) is 71.9 cm³/mol. The number of pyridine rings is 1. The van der Waals surface area contributed by atoms with Gasteiger partial charge in [0.05, 0.1) is 0 Å². The molecule has 2 nitrogen and oxygen atoms in total. The molecule has 0 amide bonds. The first-order valence-corrected chi connectivity index (χ1v) is 5.35. The largest absolute Gasteiger partial charge is 0.507 e. The summed E-state index contributed by atoms with van der Waals surface area (Å²) < 4.78 is 0. The maximum absolute atomic E-state index is 9.97. The van der Waals surface area contributed by atoms with Gasteiger partial charge in [0.2, 0.25) is 0 Å². The monoisotopic (exact) mass is 249 g/mol. The molecule has 2 rings (SSSR count). The van der Waals surface area contributed by atoms with Crippen molar-refractivity contribution in [1.82, 2.24) is 4.98 Å². The van der Waals surface area contributed by atoms with Crippen molar-refractivity contribution < 1.29 is 5.11 Å². The summed E-state index contributed by atoms with van der Waals surface area (Å²) in [5, 5.41) is 9.97. The normalized spacial score (nSPS) is 9.76. The van der Waals surface area contributed by atoms with Gasteiger partial charge in [0.15, 0.2) is 0 Å². The number of rotatable bonds is 2. The molecule has 1 N–H and O–H groups in total. The lowest BCUT2D eigenvalue weighted by atomic mass is 10.00. The van der Waals surface area contributed by atoms with Crippen LogP contribution in [-0.2, 0) is 6.42 Å². The van der Waals surface area contributed by atoms with Crippen LogP contribution in [0.25, 0.3) is 0 Å². The Balaban J connectivity index is 0.00000144. The number of hydrogen-bond donors (Lipinski definition) is 1. The Hall–Kier alpha value is -1.54. The molecule has 0 radical (unpaired) electrons. The van der Waals surface area contributed by atoms with Crippen LogP contribution in [0.5, 0.6) is 5.75 Å². The second-order valence-corrected chi connectivity index (χ2v) is 4.12. The van der Waals surface area contributed by atoms with E-state index in [0.29, 0.717) is 5.75 Å². The molecule has 0 bridgehead atoms. The summed E-state index contributed by atoms with van der Waals surface area (Å²) in [6.07, 6.45) is 4.29. The van der Waals surface area contributed by atoms with E-state index in [-0.39, 0.29) is 12.4 Å². The van der Waals surface area contributed by atoms with E-state index in [1.165, 1.54) is 5.56 Å². The van der Waals surface area contributed by atoms with Gasteiger partial charge in [0.1, 0.15) is 5.75 Å². The van der Waals surface area contributed by atoms with Crippen molar-refractivity contribution in [3.63, 3.8) is 0 Å². The number of aromatic hydroxyl groups is 1. The van der Waals surface area contributed by atoms with Crippen molar-refractivity contribution in [1.29, 1.82) is 0 Å². The minimum absolute atomic E-state index is 0. The van der Waals surface area contributed by atoms with Gasteiger partial charge in [-0.2, -0.15) is 0 Å². The van der Waals surface area contributed by atoms with Gasteiger partial charge in [-0.3, -0.25) is 4.98 Å². The molecule has 0 aliphatic rings. The predicted octanol–water partition coefficient (Wildman–Crippen LogP) is 3.42. The summed E-state index contributed by atoms with van der Waals surface area (Å²) in [6, 6.07) is 7.96. The van der Waals surface area contributed by atoms with Crippen LogP contribution in [0, 0.1) is 13.8 Å². The van der Waals surface area contributed by atoms with E-state index in [9.17, 15) is 5.11 Å². The van der Waals surface area contributed by atoms with Gasteiger partial charge >= 0.3 is 0 Å². The minimum atomic E-state index is 0. The van der Waals surface area contributed by atoms with E-state index in [1.54, 1.807) is 12.4 Å². The Labute approximate surface area is 108 Å². The number of aryl methyl sites for hydroxylation is 2. The molecule has 0 atom stereocenters. The molecule has 0 aliphatic heterocycles. The Morgan fingerprint density at radius 1 is 1.12 bits per heavy atom. The topological polar surface area (TPSA) is 33.1 Å². The summed E-state index contributed by atoms with van der Waals surface area (Å²) in [6.45, 7) is 3.97. The van der Waals surface area contributed by atoms with Gasteiger partial charge in [0, 0.05) is 18.8 Å². The molecule has 0 fully saturated rings. The third-order valence-electron chi connectivity index (χ3n) is 2.67. The number of phenolic OH excluding ortho intramolecular Hbond substituents is 1. The van der Waals surface area contributed by atoms with Crippen molar-refractivity contribution in [2.24, 2.45) is 0 Å². The summed E-state index contributed by atoms with van der Waals surface area (Å²) in [7, 11) is 0. The number of benzene rings is 1. The Kier molecular flexibility index (Phi) is 4.53. The number of halogens is 1. The molecule has 3 heteroatoms. The van der Waals surface area contributed by atoms with Gasteiger partial charge in [-0.15, -0.1) is 12.4 Å². The molecule has 0 unspecified atom stereocenters. The average Bonchev–Trinajstić information content (AvgIpc) is 2.27. The SMILES string of the molecule is Cc1cc(C)c(O)c(Cc2ccncc2)c1.Cl. The smallest absolute Gasteiger partial charge is 0.122 e. The van der Waals surface area contributed by atoms with Crippen LogP contribution in [0.2, 0.25) is 0 Å². The molecular weight excluding hydrogens is 234 g/mol. The lowest BCUT2D eigenvalue weighted by molar-refractivity contribution is 0.465. The summed E-state index contributed by atoms with van der Waals surface area (Å²) in [5.74, 6) is 0.405. The molecule has 0 spiro atoms. The maximum Gasteiger partial charge on any atom is 0.122 e. The average molecular weight is 250 g/mol. The van der Waals surface area contributed by atoms with Gasteiger partial charge in [-0.25, -0.2) is 0 Å². The molecule has 1 aromatic carbocycles. The number of nitrogens with zero attached hydrogens (tertiary/aromatic N) is 1. The van der Waals surface area contributed by atoms with E-state index in [2.05, 4.69) is 4.98 Å². The fourth-order valence-corrected chi connectivity index (χ4v) is 1.90. The van der Waals surface area contributed by atoms with E-state index < -0.39 is 0 Å². The molecule has 0 saturated heterocycles. The molecule has 1 aromatic heterocycles. The quantitative estimate of drug-likeness (QED) is 0.885. The van der Waals surface area contributed by atoms with Crippen molar-refractivity contribution in [2.75, 3.05) is 0 Å². The minimum Gasteiger partial charge on any atom is -0.507 e. The fraction of sp³-hybridized carbons (Fsp3) is 0.214. The van der Waals surface area contributed by atoms with Crippen LogP contribution in [-0.4, -0.2) is 10.1 Å². The van der Waals surface area contributed by atoms with Gasteiger partial charge < -0.3 is 5.11 Å². The van der Waals surface area contributed by atoms with Crippen LogP contribution >= 0.6 is 12.4 Å². The van der Waals surface area contributed by atoms with Crippen LogP contribution in [0.1, 0.15) is 22.3 Å². The highest BCUT2D eigenvalue weighted by Crippen LogP contribution is 2.25. The lowest BCUT2D eigenvalue weighted by Gasteiger charge is -2.08. The molecular formula is C14H16ClNO. The van der Waals surface area contributed by atoms with Crippen molar-refractivity contribution >= 4 is 12.4 Å². The molecule has 17 heavy (non-hydrogen) atoms. The standard InChI is InChI=1S/C14H15NO.ClH/c1-10-7-11(2)14(16)13(8-10)9-12-3-5-15-6-4-12;/h3-8,16H,9H2,1-2H3;1H. The number of hydrogen-bond acceptors (Lipinski definition) is 2. The summed E-state index contributed by atoms with van der Waals surface area (Å²) in [5.41, 5.74) is 4.25. The Morgan fingerprint density at radius 2 is 1.76 bits per heavy atom. The lowest BCUT2D eigenvalue weighted by Crippen LogP contribution is -1.92. The van der Waals surface area contributed by atoms with Crippen LogP contribution < -0.4 is 0 Å². The summed E-state index contributed by atoms with van der Waals surface area (Å²) in [4.78, 5) is 3.98. The zero-order chi connectivity index (χ0) is 11.5. The first-order valence-electron chi connectivity index (χ1n) is 5.35. The van der Waals surface area contributed by atoms with Crippen LogP contribution in [0.4, 0.5) is 0 Å². The van der Waals surface area contributed by atoms with Gasteiger partial charge in [0.25, 0.3) is 0 Å².